The molecule has 0 bridgehead atoms. The summed E-state index contributed by atoms with van der Waals surface area (Å²) in [5, 5.41) is 9.57. The first-order valence-corrected chi connectivity index (χ1v) is 4.98. The van der Waals surface area contributed by atoms with E-state index in [-0.39, 0.29) is 12.4 Å². The predicted molar refractivity (Wildman–Crippen MR) is 49.3 cm³/mol. The van der Waals surface area contributed by atoms with Gasteiger partial charge in [-0.25, -0.2) is 0 Å². The fraction of sp³-hybridized carbons (Fsp3) is 0.900. The maximum absolute atomic E-state index is 10.9. The van der Waals surface area contributed by atoms with Gasteiger partial charge in [-0.15, -0.1) is 0 Å². The minimum atomic E-state index is -0.619. The first-order chi connectivity index (χ1) is 6.08. The summed E-state index contributed by atoms with van der Waals surface area (Å²) in [5.41, 5.74) is -0.619. The third-order valence-corrected chi connectivity index (χ3v) is 2.69. The van der Waals surface area contributed by atoms with Gasteiger partial charge < -0.3 is 9.84 Å². The van der Waals surface area contributed by atoms with Crippen LogP contribution in [0.15, 0.2) is 0 Å². The van der Waals surface area contributed by atoms with E-state index in [1.807, 2.05) is 6.92 Å². The zero-order valence-corrected chi connectivity index (χ0v) is 8.38. The van der Waals surface area contributed by atoms with Gasteiger partial charge in [0.15, 0.2) is 0 Å². The van der Waals surface area contributed by atoms with Crippen molar-refractivity contribution < 1.29 is 14.6 Å². The zero-order valence-electron chi connectivity index (χ0n) is 8.38. The van der Waals surface area contributed by atoms with Gasteiger partial charge in [-0.1, -0.05) is 19.8 Å². The number of unbranched alkanes of at least 4 members (excludes halogenated alkanes) is 2. The van der Waals surface area contributed by atoms with Crippen LogP contribution in [0.25, 0.3) is 0 Å². The molecule has 3 nitrogen and oxygen atoms in total. The van der Waals surface area contributed by atoms with Crippen LogP contribution in [-0.2, 0) is 9.53 Å². The highest BCUT2D eigenvalue weighted by atomic mass is 16.6. The number of hydrogen-bond donors (Lipinski definition) is 1. The third-order valence-electron chi connectivity index (χ3n) is 2.69. The fourth-order valence-corrected chi connectivity index (χ4v) is 1.69. The third kappa shape index (κ3) is 2.44. The fourth-order valence-electron chi connectivity index (χ4n) is 1.69. The van der Waals surface area contributed by atoms with E-state index in [1.165, 1.54) is 0 Å². The molecule has 0 unspecified atom stereocenters. The van der Waals surface area contributed by atoms with Crippen molar-refractivity contribution in [3.05, 3.63) is 0 Å². The number of rotatable bonds is 4. The van der Waals surface area contributed by atoms with Crippen molar-refractivity contribution in [2.75, 3.05) is 0 Å². The number of carbonyl (C=O) groups is 1. The molecule has 1 rings (SSSR count). The molecule has 1 saturated heterocycles. The van der Waals surface area contributed by atoms with Gasteiger partial charge in [0.25, 0.3) is 0 Å². The number of carbonyl (C=O) groups excluding carboxylic acids is 1. The van der Waals surface area contributed by atoms with Crippen LogP contribution in [0.3, 0.4) is 0 Å². The smallest absolute Gasteiger partial charge is 0.309 e. The monoisotopic (exact) mass is 186 g/mol. The van der Waals surface area contributed by atoms with E-state index in [1.54, 1.807) is 0 Å². The summed E-state index contributed by atoms with van der Waals surface area (Å²) in [6.07, 6.45) is 3.59. The maximum atomic E-state index is 10.9. The van der Waals surface area contributed by atoms with Gasteiger partial charge in [-0.05, 0) is 19.8 Å². The highest BCUT2D eigenvalue weighted by molar-refractivity contribution is 5.73. The van der Waals surface area contributed by atoms with Gasteiger partial charge in [-0.2, -0.15) is 0 Å². The molecule has 0 aromatic heterocycles. The average Bonchev–Trinajstić information content (AvgIpc) is 2.27. The molecule has 1 aliphatic heterocycles. The molecular formula is C10H18O3. The van der Waals surface area contributed by atoms with E-state index in [4.69, 9.17) is 4.74 Å². The van der Waals surface area contributed by atoms with Gasteiger partial charge in [0.05, 0.1) is 6.42 Å². The Morgan fingerprint density at radius 1 is 1.62 bits per heavy atom. The lowest BCUT2D eigenvalue weighted by Crippen LogP contribution is -2.35. The molecule has 76 valence electrons. The lowest BCUT2D eigenvalue weighted by Gasteiger charge is -2.25. The molecule has 3 heteroatoms. The van der Waals surface area contributed by atoms with Crippen molar-refractivity contribution in [1.29, 1.82) is 0 Å². The Hall–Kier alpha value is -0.570. The van der Waals surface area contributed by atoms with Crippen molar-refractivity contribution >= 4 is 5.97 Å². The van der Waals surface area contributed by atoms with Crippen molar-refractivity contribution in [2.45, 2.75) is 57.7 Å². The van der Waals surface area contributed by atoms with Crippen LogP contribution >= 0.6 is 0 Å². The second-order valence-electron chi connectivity index (χ2n) is 3.96. The lowest BCUT2D eigenvalue weighted by atomic mass is 9.93. The van der Waals surface area contributed by atoms with Gasteiger partial charge in [0, 0.05) is 0 Å². The summed E-state index contributed by atoms with van der Waals surface area (Å²) in [4.78, 5) is 10.9. The summed E-state index contributed by atoms with van der Waals surface area (Å²) < 4.78 is 5.12. The highest BCUT2D eigenvalue weighted by Gasteiger charge is 2.43. The first-order valence-electron chi connectivity index (χ1n) is 4.98. The SMILES string of the molecule is CCCCC[C@]1(C)OC(=O)C[C@H]1O. The second-order valence-corrected chi connectivity index (χ2v) is 3.96. The quantitative estimate of drug-likeness (QED) is 0.536. The number of cyclic esters (lactones) is 1. The number of hydrogen-bond acceptors (Lipinski definition) is 3. The molecule has 1 heterocycles. The molecule has 0 aliphatic carbocycles. The van der Waals surface area contributed by atoms with Crippen molar-refractivity contribution in [3.8, 4) is 0 Å². The minimum absolute atomic E-state index is 0.155. The zero-order chi connectivity index (χ0) is 9.90. The Kier molecular flexibility index (Phi) is 3.31. The highest BCUT2D eigenvalue weighted by Crippen LogP contribution is 2.31. The van der Waals surface area contributed by atoms with Crippen molar-refractivity contribution in [3.63, 3.8) is 0 Å². The number of esters is 1. The number of aliphatic hydroxyl groups excluding tert-OH is 1. The van der Waals surface area contributed by atoms with Gasteiger partial charge in [0.2, 0.25) is 0 Å². The molecule has 1 fully saturated rings. The van der Waals surface area contributed by atoms with Gasteiger partial charge in [0.1, 0.15) is 11.7 Å². The van der Waals surface area contributed by atoms with E-state index in [0.29, 0.717) is 0 Å². The normalized spacial score (nSPS) is 33.5. The van der Waals surface area contributed by atoms with Gasteiger partial charge in [-0.3, -0.25) is 4.79 Å². The molecule has 0 radical (unpaired) electrons. The van der Waals surface area contributed by atoms with Crippen LogP contribution in [-0.4, -0.2) is 22.8 Å². The standard InChI is InChI=1S/C10H18O3/c1-3-4-5-6-10(2)8(11)7-9(12)13-10/h8,11H,3-7H2,1-2H3/t8-,10+/m1/s1. The van der Waals surface area contributed by atoms with E-state index in [0.717, 1.165) is 25.7 Å². The molecule has 1 aliphatic rings. The molecule has 0 aromatic rings. The van der Waals surface area contributed by atoms with Crippen LogP contribution in [0.1, 0.15) is 46.0 Å². The summed E-state index contributed by atoms with van der Waals surface area (Å²) >= 11 is 0. The van der Waals surface area contributed by atoms with E-state index in [9.17, 15) is 9.90 Å². The molecule has 0 aromatic carbocycles. The summed E-state index contributed by atoms with van der Waals surface area (Å²) in [6.45, 7) is 3.94. The van der Waals surface area contributed by atoms with Gasteiger partial charge >= 0.3 is 5.97 Å². The van der Waals surface area contributed by atoms with Crippen molar-refractivity contribution in [1.82, 2.24) is 0 Å². The van der Waals surface area contributed by atoms with E-state index in [2.05, 4.69) is 6.92 Å². The largest absolute Gasteiger partial charge is 0.457 e. The van der Waals surface area contributed by atoms with Crippen LogP contribution in [0.2, 0.25) is 0 Å². The lowest BCUT2D eigenvalue weighted by molar-refractivity contribution is -0.150. The molecule has 0 amide bonds. The molecule has 2 atom stereocenters. The molecule has 0 spiro atoms. The van der Waals surface area contributed by atoms with Crippen LogP contribution in [0.4, 0.5) is 0 Å². The van der Waals surface area contributed by atoms with Crippen molar-refractivity contribution in [2.24, 2.45) is 0 Å². The first kappa shape index (κ1) is 10.5. The Balaban J connectivity index is 2.41. The number of ether oxygens (including phenoxy) is 1. The van der Waals surface area contributed by atoms with Crippen LogP contribution in [0, 0.1) is 0 Å². The molecule has 13 heavy (non-hydrogen) atoms. The summed E-state index contributed by atoms with van der Waals surface area (Å²) in [5.74, 6) is -0.272. The van der Waals surface area contributed by atoms with E-state index < -0.39 is 11.7 Å². The molecule has 0 saturated carbocycles. The molecule has 1 N–H and O–H groups in total. The topological polar surface area (TPSA) is 46.5 Å². The number of aliphatic hydroxyl groups is 1. The molecular weight excluding hydrogens is 168 g/mol. The average molecular weight is 186 g/mol. The Labute approximate surface area is 79.1 Å². The van der Waals surface area contributed by atoms with Crippen LogP contribution in [0.5, 0.6) is 0 Å². The Morgan fingerprint density at radius 3 is 2.77 bits per heavy atom. The summed E-state index contributed by atoms with van der Waals surface area (Å²) in [7, 11) is 0. The minimum Gasteiger partial charge on any atom is -0.457 e. The second kappa shape index (κ2) is 4.09. The maximum Gasteiger partial charge on any atom is 0.309 e. The Bertz CT molecular complexity index is 191. The summed E-state index contributed by atoms with van der Waals surface area (Å²) in [6, 6.07) is 0. The predicted octanol–water partition coefficient (Wildman–Crippen LogP) is 1.63. The van der Waals surface area contributed by atoms with Crippen LogP contribution < -0.4 is 0 Å². The van der Waals surface area contributed by atoms with E-state index >= 15 is 0 Å². The Morgan fingerprint density at radius 2 is 2.31 bits per heavy atom.